The number of benzene rings is 1. The largest absolute Gasteiger partial charge is 0.231 e. The van der Waals surface area contributed by atoms with Gasteiger partial charge in [0.25, 0.3) is 0 Å². The zero-order chi connectivity index (χ0) is 11.9. The molecule has 2 rings (SSSR count). The van der Waals surface area contributed by atoms with E-state index < -0.39 is 0 Å². The number of nitrogens with zero attached hydrogens (tertiary/aromatic N) is 2. The van der Waals surface area contributed by atoms with Crippen LogP contribution in [0.3, 0.4) is 0 Å². The van der Waals surface area contributed by atoms with Gasteiger partial charge in [0.05, 0.1) is 10.5 Å². The summed E-state index contributed by atoms with van der Waals surface area (Å²) in [5.41, 5.74) is 0.733. The van der Waals surface area contributed by atoms with E-state index in [1.54, 1.807) is 12.1 Å². The van der Waals surface area contributed by atoms with Gasteiger partial charge in [0.1, 0.15) is 10.4 Å². The SMILES string of the molecule is CC(C)c1nc(Br)c2cc(Cl)cc(Cl)c2n1. The Morgan fingerprint density at radius 3 is 2.50 bits per heavy atom. The first kappa shape index (κ1) is 12.1. The summed E-state index contributed by atoms with van der Waals surface area (Å²) < 4.78 is 0.727. The molecule has 0 bridgehead atoms. The second kappa shape index (κ2) is 4.47. The lowest BCUT2D eigenvalue weighted by Gasteiger charge is -2.08. The van der Waals surface area contributed by atoms with Gasteiger partial charge >= 0.3 is 0 Å². The molecule has 1 aromatic heterocycles. The first-order chi connectivity index (χ1) is 7.49. The summed E-state index contributed by atoms with van der Waals surface area (Å²) in [5.74, 6) is 1.02. The molecule has 0 saturated heterocycles. The molecular weight excluding hydrogens is 311 g/mol. The Hall–Kier alpha value is -0.380. The number of hydrogen-bond acceptors (Lipinski definition) is 2. The van der Waals surface area contributed by atoms with Gasteiger partial charge in [0.2, 0.25) is 0 Å². The molecule has 0 fully saturated rings. The Balaban J connectivity index is 2.82. The maximum Gasteiger partial charge on any atom is 0.132 e. The van der Waals surface area contributed by atoms with Crippen LogP contribution in [0.1, 0.15) is 25.6 Å². The van der Waals surface area contributed by atoms with Crippen LogP contribution in [0.15, 0.2) is 16.7 Å². The quantitative estimate of drug-likeness (QED) is 0.704. The minimum absolute atomic E-state index is 0.257. The van der Waals surface area contributed by atoms with Crippen molar-refractivity contribution in [3.63, 3.8) is 0 Å². The summed E-state index contributed by atoms with van der Waals surface area (Å²) >= 11 is 15.5. The lowest BCUT2D eigenvalue weighted by Crippen LogP contribution is -1.99. The molecule has 0 amide bonds. The topological polar surface area (TPSA) is 25.8 Å². The number of rotatable bonds is 1. The third-order valence-corrected chi connectivity index (χ3v) is 3.32. The molecule has 0 aliphatic carbocycles. The molecule has 0 unspecified atom stereocenters. The lowest BCUT2D eigenvalue weighted by molar-refractivity contribution is 0.779. The van der Waals surface area contributed by atoms with Crippen LogP contribution in [-0.4, -0.2) is 9.97 Å². The van der Waals surface area contributed by atoms with Crippen molar-refractivity contribution in [1.29, 1.82) is 0 Å². The van der Waals surface area contributed by atoms with Crippen molar-refractivity contribution in [1.82, 2.24) is 9.97 Å². The van der Waals surface area contributed by atoms with Gasteiger partial charge in [0, 0.05) is 16.3 Å². The van der Waals surface area contributed by atoms with Crippen LogP contribution in [0.5, 0.6) is 0 Å². The highest BCUT2D eigenvalue weighted by molar-refractivity contribution is 9.10. The average Bonchev–Trinajstić information content (AvgIpc) is 2.19. The highest BCUT2D eigenvalue weighted by Crippen LogP contribution is 2.31. The summed E-state index contributed by atoms with van der Waals surface area (Å²) in [6, 6.07) is 3.49. The second-order valence-electron chi connectivity index (χ2n) is 3.81. The molecule has 1 aromatic carbocycles. The second-order valence-corrected chi connectivity index (χ2v) is 5.41. The van der Waals surface area contributed by atoms with Crippen molar-refractivity contribution in [2.45, 2.75) is 19.8 Å². The minimum Gasteiger partial charge on any atom is -0.231 e. The van der Waals surface area contributed by atoms with Gasteiger partial charge in [-0.3, -0.25) is 0 Å². The zero-order valence-corrected chi connectivity index (χ0v) is 11.9. The van der Waals surface area contributed by atoms with E-state index in [0.29, 0.717) is 10.0 Å². The van der Waals surface area contributed by atoms with Crippen molar-refractivity contribution in [3.05, 3.63) is 32.6 Å². The van der Waals surface area contributed by atoms with Crippen LogP contribution >= 0.6 is 39.1 Å². The Morgan fingerprint density at radius 1 is 1.19 bits per heavy atom. The van der Waals surface area contributed by atoms with Gasteiger partial charge in [-0.1, -0.05) is 37.0 Å². The Labute approximate surface area is 112 Å². The van der Waals surface area contributed by atoms with E-state index in [0.717, 1.165) is 21.3 Å². The molecule has 84 valence electrons. The average molecular weight is 320 g/mol. The van der Waals surface area contributed by atoms with Gasteiger partial charge in [-0.05, 0) is 28.1 Å². The van der Waals surface area contributed by atoms with Crippen LogP contribution in [0, 0.1) is 0 Å². The molecule has 1 heterocycles. The molecule has 0 aliphatic heterocycles. The van der Waals surface area contributed by atoms with E-state index in [1.807, 2.05) is 13.8 Å². The highest BCUT2D eigenvalue weighted by atomic mass is 79.9. The molecule has 0 atom stereocenters. The van der Waals surface area contributed by atoms with Gasteiger partial charge in [0.15, 0.2) is 0 Å². The molecule has 2 nitrogen and oxygen atoms in total. The third kappa shape index (κ3) is 2.17. The fourth-order valence-electron chi connectivity index (χ4n) is 1.40. The molecule has 0 radical (unpaired) electrons. The van der Waals surface area contributed by atoms with Crippen LogP contribution in [0.4, 0.5) is 0 Å². The predicted molar refractivity (Wildman–Crippen MR) is 71.3 cm³/mol. The van der Waals surface area contributed by atoms with Crippen molar-refractivity contribution in [2.24, 2.45) is 0 Å². The summed E-state index contributed by atoms with van der Waals surface area (Å²) in [4.78, 5) is 8.82. The van der Waals surface area contributed by atoms with Crippen LogP contribution < -0.4 is 0 Å². The van der Waals surface area contributed by atoms with E-state index in [4.69, 9.17) is 23.2 Å². The Morgan fingerprint density at radius 2 is 1.88 bits per heavy atom. The Kier molecular flexibility index (Phi) is 3.38. The van der Waals surface area contributed by atoms with Crippen LogP contribution in [0.25, 0.3) is 10.9 Å². The normalized spacial score (nSPS) is 11.4. The van der Waals surface area contributed by atoms with Crippen LogP contribution in [0.2, 0.25) is 10.0 Å². The molecule has 0 spiro atoms. The highest BCUT2D eigenvalue weighted by Gasteiger charge is 2.11. The predicted octanol–water partition coefficient (Wildman–Crippen LogP) is 4.82. The first-order valence-electron chi connectivity index (χ1n) is 4.81. The van der Waals surface area contributed by atoms with E-state index in [2.05, 4.69) is 25.9 Å². The maximum absolute atomic E-state index is 6.12. The fraction of sp³-hybridized carbons (Fsp3) is 0.273. The Bertz CT molecular complexity index is 555. The number of aromatic nitrogens is 2. The van der Waals surface area contributed by atoms with Gasteiger partial charge in [-0.25, -0.2) is 9.97 Å². The summed E-state index contributed by atoms with van der Waals surface area (Å²) in [7, 11) is 0. The van der Waals surface area contributed by atoms with E-state index in [-0.39, 0.29) is 5.92 Å². The monoisotopic (exact) mass is 318 g/mol. The minimum atomic E-state index is 0.257. The molecule has 0 aliphatic rings. The number of hydrogen-bond donors (Lipinski definition) is 0. The maximum atomic E-state index is 6.12. The van der Waals surface area contributed by atoms with Crippen molar-refractivity contribution >= 4 is 50.0 Å². The molecule has 2 aromatic rings. The van der Waals surface area contributed by atoms with Gasteiger partial charge in [-0.15, -0.1) is 0 Å². The van der Waals surface area contributed by atoms with Crippen molar-refractivity contribution in [2.75, 3.05) is 0 Å². The molecular formula is C11H9BrCl2N2. The van der Waals surface area contributed by atoms with Crippen LogP contribution in [-0.2, 0) is 0 Å². The van der Waals surface area contributed by atoms with Gasteiger partial charge < -0.3 is 0 Å². The van der Waals surface area contributed by atoms with E-state index in [1.165, 1.54) is 0 Å². The summed E-state index contributed by atoms with van der Waals surface area (Å²) in [6.45, 7) is 4.08. The fourth-order valence-corrected chi connectivity index (χ4v) is 2.42. The van der Waals surface area contributed by atoms with Crippen molar-refractivity contribution < 1.29 is 0 Å². The molecule has 0 N–H and O–H groups in total. The summed E-state index contributed by atoms with van der Waals surface area (Å²) in [6.07, 6.45) is 0. The van der Waals surface area contributed by atoms with E-state index >= 15 is 0 Å². The molecule has 0 saturated carbocycles. The van der Waals surface area contributed by atoms with Gasteiger partial charge in [-0.2, -0.15) is 0 Å². The first-order valence-corrected chi connectivity index (χ1v) is 6.36. The summed E-state index contributed by atoms with van der Waals surface area (Å²) in [5, 5.41) is 1.97. The third-order valence-electron chi connectivity index (χ3n) is 2.21. The van der Waals surface area contributed by atoms with E-state index in [9.17, 15) is 0 Å². The lowest BCUT2D eigenvalue weighted by atomic mass is 10.2. The smallest absolute Gasteiger partial charge is 0.132 e. The molecule has 16 heavy (non-hydrogen) atoms. The number of fused-ring (bicyclic) bond motifs is 1. The zero-order valence-electron chi connectivity index (χ0n) is 8.76. The molecule has 5 heteroatoms. The van der Waals surface area contributed by atoms with Crippen molar-refractivity contribution in [3.8, 4) is 0 Å². The number of halogens is 3. The standard InChI is InChI=1S/C11H9BrCl2N2/c1-5(2)11-15-9-7(10(12)16-11)3-6(13)4-8(9)14/h3-5H,1-2H3.